The van der Waals surface area contributed by atoms with E-state index in [1.807, 2.05) is 0 Å². The number of benzene rings is 3. The van der Waals surface area contributed by atoms with E-state index in [2.05, 4.69) is 10.6 Å². The van der Waals surface area contributed by atoms with Gasteiger partial charge in [0, 0.05) is 29.5 Å². The van der Waals surface area contributed by atoms with Crippen molar-refractivity contribution in [2.24, 2.45) is 0 Å². The molecule has 0 aliphatic rings. The minimum Gasteiger partial charge on any atom is -0.493 e. The lowest BCUT2D eigenvalue weighted by Crippen LogP contribution is -2.13. The molecule has 0 aliphatic carbocycles. The Morgan fingerprint density at radius 1 is 0.848 bits per heavy atom. The molecule has 0 radical (unpaired) electrons. The molecule has 0 fully saturated rings. The van der Waals surface area contributed by atoms with Crippen molar-refractivity contribution in [2.75, 3.05) is 37.7 Å². The number of anilines is 3. The van der Waals surface area contributed by atoms with Gasteiger partial charge in [0.05, 0.1) is 32.7 Å². The molecule has 0 saturated carbocycles. The highest BCUT2D eigenvalue weighted by molar-refractivity contribution is 6.06. The van der Waals surface area contributed by atoms with Crippen LogP contribution in [-0.2, 0) is 4.79 Å². The average Bonchev–Trinajstić information content (AvgIpc) is 2.83. The number of ether oxygens (including phenoxy) is 3. The maximum absolute atomic E-state index is 12.4. The van der Waals surface area contributed by atoms with Gasteiger partial charge in [-0.3, -0.25) is 9.59 Å². The zero-order valence-electron chi connectivity index (χ0n) is 18.5. The third kappa shape index (κ3) is 5.82. The highest BCUT2D eigenvalue weighted by atomic mass is 16.5. The maximum Gasteiger partial charge on any atom is 0.255 e. The Balaban J connectivity index is 1.65. The first-order valence-corrected chi connectivity index (χ1v) is 10.00. The molecule has 0 heterocycles. The SMILES string of the molecule is COc1cc(NC(=O)/C=C/c2ccc(C(=O)Nc3ccccc3N)cc2)cc(OC)c1OC. The average molecular weight is 447 g/mol. The van der Waals surface area contributed by atoms with Gasteiger partial charge in [0.1, 0.15) is 0 Å². The molecule has 0 spiro atoms. The Morgan fingerprint density at radius 3 is 2.06 bits per heavy atom. The number of nitrogens with two attached hydrogens (primary N) is 1. The van der Waals surface area contributed by atoms with E-state index >= 15 is 0 Å². The van der Waals surface area contributed by atoms with Gasteiger partial charge >= 0.3 is 0 Å². The largest absolute Gasteiger partial charge is 0.493 e. The van der Waals surface area contributed by atoms with Crippen LogP contribution in [-0.4, -0.2) is 33.1 Å². The third-order valence-corrected chi connectivity index (χ3v) is 4.74. The van der Waals surface area contributed by atoms with E-state index in [0.29, 0.717) is 39.9 Å². The second-order valence-corrected chi connectivity index (χ2v) is 6.90. The fourth-order valence-electron chi connectivity index (χ4n) is 3.06. The van der Waals surface area contributed by atoms with Gasteiger partial charge < -0.3 is 30.6 Å². The van der Waals surface area contributed by atoms with E-state index in [1.165, 1.54) is 27.4 Å². The number of methoxy groups -OCH3 is 3. The Kier molecular flexibility index (Phi) is 7.54. The van der Waals surface area contributed by atoms with Gasteiger partial charge in [-0.25, -0.2) is 0 Å². The molecule has 0 atom stereocenters. The minimum absolute atomic E-state index is 0.274. The van der Waals surface area contributed by atoms with Crippen LogP contribution in [0.3, 0.4) is 0 Å². The first-order chi connectivity index (χ1) is 15.9. The molecule has 4 N–H and O–H groups in total. The molecule has 2 amide bonds. The van der Waals surface area contributed by atoms with Gasteiger partial charge in [0.15, 0.2) is 11.5 Å². The molecule has 3 rings (SSSR count). The van der Waals surface area contributed by atoms with Crippen LogP contribution in [0.2, 0.25) is 0 Å². The molecule has 0 bridgehead atoms. The summed E-state index contributed by atoms with van der Waals surface area (Å²) in [6.07, 6.45) is 3.03. The molecule has 33 heavy (non-hydrogen) atoms. The lowest BCUT2D eigenvalue weighted by atomic mass is 10.1. The number of carbonyl (C=O) groups is 2. The molecular formula is C25H25N3O5. The lowest BCUT2D eigenvalue weighted by Gasteiger charge is -2.14. The van der Waals surface area contributed by atoms with Gasteiger partial charge in [-0.15, -0.1) is 0 Å². The summed E-state index contributed by atoms with van der Waals surface area (Å²) in [4.78, 5) is 24.8. The fourth-order valence-corrected chi connectivity index (χ4v) is 3.06. The van der Waals surface area contributed by atoms with Crippen molar-refractivity contribution < 1.29 is 23.8 Å². The Labute approximate surface area is 192 Å². The molecule has 0 aliphatic heterocycles. The van der Waals surface area contributed by atoms with Crippen molar-refractivity contribution in [2.45, 2.75) is 0 Å². The fraction of sp³-hybridized carbons (Fsp3) is 0.120. The number of hydrogen-bond donors (Lipinski definition) is 3. The van der Waals surface area contributed by atoms with Crippen molar-refractivity contribution in [1.29, 1.82) is 0 Å². The van der Waals surface area contributed by atoms with Gasteiger partial charge in [0.25, 0.3) is 5.91 Å². The predicted molar refractivity (Wildman–Crippen MR) is 129 cm³/mol. The van der Waals surface area contributed by atoms with E-state index in [0.717, 1.165) is 5.56 Å². The van der Waals surface area contributed by atoms with Crippen molar-refractivity contribution in [1.82, 2.24) is 0 Å². The third-order valence-electron chi connectivity index (χ3n) is 4.74. The summed E-state index contributed by atoms with van der Waals surface area (Å²) in [7, 11) is 4.51. The highest BCUT2D eigenvalue weighted by Gasteiger charge is 2.14. The van der Waals surface area contributed by atoms with Crippen LogP contribution < -0.4 is 30.6 Å². The highest BCUT2D eigenvalue weighted by Crippen LogP contribution is 2.39. The van der Waals surface area contributed by atoms with E-state index in [1.54, 1.807) is 66.7 Å². The number of nitrogens with one attached hydrogen (secondary N) is 2. The zero-order chi connectivity index (χ0) is 23.8. The van der Waals surface area contributed by atoms with Gasteiger partial charge in [0.2, 0.25) is 11.7 Å². The van der Waals surface area contributed by atoms with Gasteiger partial charge in [-0.05, 0) is 35.9 Å². The van der Waals surface area contributed by atoms with Crippen molar-refractivity contribution in [3.05, 3.63) is 77.9 Å². The summed E-state index contributed by atoms with van der Waals surface area (Å²) in [5.74, 6) is 0.686. The number of amides is 2. The second kappa shape index (κ2) is 10.7. The molecule has 0 aromatic heterocycles. The first kappa shape index (κ1) is 23.2. The smallest absolute Gasteiger partial charge is 0.255 e. The summed E-state index contributed by atoms with van der Waals surface area (Å²) >= 11 is 0. The molecule has 3 aromatic rings. The predicted octanol–water partition coefficient (Wildman–Crippen LogP) is 4.20. The molecule has 0 unspecified atom stereocenters. The van der Waals surface area contributed by atoms with Crippen LogP contribution in [0, 0.1) is 0 Å². The monoisotopic (exact) mass is 447 g/mol. The quantitative estimate of drug-likeness (QED) is 0.352. The van der Waals surface area contributed by atoms with E-state index < -0.39 is 0 Å². The summed E-state index contributed by atoms with van der Waals surface area (Å²) in [5.41, 5.74) is 8.62. The van der Waals surface area contributed by atoms with Crippen LogP contribution in [0.4, 0.5) is 17.1 Å². The first-order valence-electron chi connectivity index (χ1n) is 10.00. The second-order valence-electron chi connectivity index (χ2n) is 6.90. The van der Waals surface area contributed by atoms with E-state index in [4.69, 9.17) is 19.9 Å². The Morgan fingerprint density at radius 2 is 1.48 bits per heavy atom. The van der Waals surface area contributed by atoms with Crippen LogP contribution >= 0.6 is 0 Å². The summed E-state index contributed by atoms with van der Waals surface area (Å²) < 4.78 is 15.9. The Bertz CT molecular complexity index is 1150. The number of rotatable bonds is 8. The van der Waals surface area contributed by atoms with Gasteiger partial charge in [-0.2, -0.15) is 0 Å². The standard InChI is InChI=1S/C25H25N3O5/c1-31-21-14-18(15-22(32-2)24(21)33-3)27-23(29)13-10-16-8-11-17(12-9-16)25(30)28-20-7-5-4-6-19(20)26/h4-15H,26H2,1-3H3,(H,27,29)(H,28,30)/b13-10+. The number of carbonyl (C=O) groups excluding carboxylic acids is 2. The summed E-state index contributed by atoms with van der Waals surface area (Å²) in [6, 6.07) is 17.1. The zero-order valence-corrected chi connectivity index (χ0v) is 18.5. The van der Waals surface area contributed by atoms with Crippen LogP contribution in [0.5, 0.6) is 17.2 Å². The molecule has 170 valence electrons. The van der Waals surface area contributed by atoms with Crippen LogP contribution in [0.1, 0.15) is 15.9 Å². The van der Waals surface area contributed by atoms with Crippen LogP contribution in [0.15, 0.2) is 66.7 Å². The number of nitrogen functional groups attached to an aromatic ring is 1. The summed E-state index contributed by atoms with van der Waals surface area (Å²) in [6.45, 7) is 0. The molecule has 8 nitrogen and oxygen atoms in total. The Hall–Kier alpha value is -4.46. The number of para-hydroxylation sites is 2. The molecule has 3 aromatic carbocycles. The molecule has 8 heteroatoms. The van der Waals surface area contributed by atoms with Gasteiger partial charge in [-0.1, -0.05) is 24.3 Å². The van der Waals surface area contributed by atoms with Crippen molar-refractivity contribution in [3.8, 4) is 17.2 Å². The summed E-state index contributed by atoms with van der Waals surface area (Å²) in [5, 5.41) is 5.53. The topological polar surface area (TPSA) is 112 Å². The van der Waals surface area contributed by atoms with E-state index in [9.17, 15) is 9.59 Å². The molecule has 0 saturated heterocycles. The normalized spacial score (nSPS) is 10.5. The maximum atomic E-state index is 12.4. The van der Waals surface area contributed by atoms with Crippen LogP contribution in [0.25, 0.3) is 6.08 Å². The minimum atomic E-state index is -0.342. The number of hydrogen-bond acceptors (Lipinski definition) is 6. The lowest BCUT2D eigenvalue weighted by molar-refractivity contribution is -0.111. The molecular weight excluding hydrogens is 422 g/mol. The van der Waals surface area contributed by atoms with Crippen molar-refractivity contribution >= 4 is 35.0 Å². The van der Waals surface area contributed by atoms with Crippen molar-refractivity contribution in [3.63, 3.8) is 0 Å². The van der Waals surface area contributed by atoms with E-state index in [-0.39, 0.29) is 11.8 Å².